The van der Waals surface area contributed by atoms with E-state index >= 15 is 0 Å². The van der Waals surface area contributed by atoms with E-state index in [0.717, 1.165) is 17.5 Å². The lowest BCUT2D eigenvalue weighted by Gasteiger charge is -2.61. The number of nitrogens with zero attached hydrogens (tertiary/aromatic N) is 1. The normalized spacial score (nSPS) is 23.4. The molecule has 0 radical (unpaired) electrons. The van der Waals surface area contributed by atoms with Crippen LogP contribution >= 0.6 is 0 Å². The molecule has 0 amide bonds. The predicted octanol–water partition coefficient (Wildman–Crippen LogP) is 15.7. The summed E-state index contributed by atoms with van der Waals surface area (Å²) in [4.78, 5) is 2.56. The first kappa shape index (κ1) is 34.7. The Morgan fingerprint density at radius 2 is 0.967 bits per heavy atom. The van der Waals surface area contributed by atoms with Gasteiger partial charge in [-0.1, -0.05) is 166 Å². The van der Waals surface area contributed by atoms with Crippen molar-refractivity contribution in [3.8, 4) is 44.5 Å². The fraction of sp³-hybridized carbons (Fsp3) is 0.220. The summed E-state index contributed by atoms with van der Waals surface area (Å²) >= 11 is 0. The Bertz CT molecular complexity index is 2990. The van der Waals surface area contributed by atoms with Gasteiger partial charge in [-0.25, -0.2) is 0 Å². The van der Waals surface area contributed by atoms with Gasteiger partial charge in [0, 0.05) is 27.5 Å². The third kappa shape index (κ3) is 4.64. The molecule has 0 aliphatic heterocycles. The molecule has 8 aromatic carbocycles. The van der Waals surface area contributed by atoms with Crippen molar-refractivity contribution < 1.29 is 0 Å². The summed E-state index contributed by atoms with van der Waals surface area (Å²) in [6.45, 7) is 4.77. The maximum Gasteiger partial charge on any atom is 0.0543 e. The standard InChI is InChI=1S/C59H49N/c1-58(2)51-22-10-9-19-50(51)56-53(58)24-13-25-55(56)60(43-28-26-40(27-29-43)39-14-4-3-5-15-39)54-31-30-45(44-16-6-7-18-47(44)54)48-20-12-21-49-46-17-8-11-23-52(46)59(57(48)49)41-33-37-32-38(35-41)36-42(59)34-37/h3-31,37-38,41-42H,32-36H2,1-2H3. The van der Waals surface area contributed by atoms with Gasteiger partial charge >= 0.3 is 0 Å². The Labute approximate surface area is 354 Å². The molecule has 0 atom stereocenters. The summed E-state index contributed by atoms with van der Waals surface area (Å²) in [6, 6.07) is 67.0. The second-order valence-corrected chi connectivity index (χ2v) is 19.2. The van der Waals surface area contributed by atoms with Gasteiger partial charge in [0.15, 0.2) is 0 Å². The molecule has 1 nitrogen and oxygen atoms in total. The highest BCUT2D eigenvalue weighted by Crippen LogP contribution is 2.70. The van der Waals surface area contributed by atoms with Crippen molar-refractivity contribution in [1.29, 1.82) is 0 Å². The summed E-state index contributed by atoms with van der Waals surface area (Å²) < 4.78 is 0. The lowest BCUT2D eigenvalue weighted by molar-refractivity contribution is -0.0397. The van der Waals surface area contributed by atoms with Crippen LogP contribution < -0.4 is 4.90 Å². The van der Waals surface area contributed by atoms with Crippen molar-refractivity contribution in [3.05, 3.63) is 198 Å². The number of benzene rings is 8. The van der Waals surface area contributed by atoms with E-state index in [2.05, 4.69) is 195 Å². The summed E-state index contributed by atoms with van der Waals surface area (Å²) in [7, 11) is 0. The quantitative estimate of drug-likeness (QED) is 0.168. The molecule has 6 aliphatic carbocycles. The lowest BCUT2D eigenvalue weighted by Crippen LogP contribution is -2.55. The van der Waals surface area contributed by atoms with Gasteiger partial charge in [0.25, 0.3) is 0 Å². The van der Waals surface area contributed by atoms with Crippen molar-refractivity contribution in [2.75, 3.05) is 4.90 Å². The van der Waals surface area contributed by atoms with E-state index in [-0.39, 0.29) is 10.8 Å². The fourth-order valence-electron chi connectivity index (χ4n) is 13.9. The Kier molecular flexibility index (Phi) is 7.32. The molecule has 0 saturated heterocycles. The molecule has 4 saturated carbocycles. The van der Waals surface area contributed by atoms with Crippen LogP contribution in [0.25, 0.3) is 55.3 Å². The number of anilines is 3. The first-order valence-electron chi connectivity index (χ1n) is 22.4. The minimum absolute atomic E-state index is 0.0903. The van der Waals surface area contributed by atoms with Crippen molar-refractivity contribution >= 4 is 27.8 Å². The fourth-order valence-corrected chi connectivity index (χ4v) is 13.9. The molecule has 0 aromatic heterocycles. The van der Waals surface area contributed by atoms with Crippen LogP contribution in [0.5, 0.6) is 0 Å². The van der Waals surface area contributed by atoms with E-state index in [9.17, 15) is 0 Å². The molecular weight excluding hydrogens is 723 g/mol. The van der Waals surface area contributed by atoms with E-state index in [1.165, 1.54) is 110 Å². The highest BCUT2D eigenvalue weighted by atomic mass is 15.1. The smallest absolute Gasteiger partial charge is 0.0543 e. The van der Waals surface area contributed by atoms with Crippen molar-refractivity contribution in [3.63, 3.8) is 0 Å². The molecule has 60 heavy (non-hydrogen) atoms. The highest BCUT2D eigenvalue weighted by molar-refractivity contribution is 6.09. The van der Waals surface area contributed by atoms with Crippen LogP contribution in [-0.2, 0) is 10.8 Å². The van der Waals surface area contributed by atoms with Crippen molar-refractivity contribution in [2.45, 2.75) is 56.8 Å². The highest BCUT2D eigenvalue weighted by Gasteiger charge is 2.62. The predicted molar refractivity (Wildman–Crippen MR) is 250 cm³/mol. The second-order valence-electron chi connectivity index (χ2n) is 19.2. The number of fused-ring (bicyclic) bond motifs is 7. The van der Waals surface area contributed by atoms with Gasteiger partial charge in [-0.05, 0) is 147 Å². The maximum absolute atomic E-state index is 2.56. The molecule has 1 heteroatoms. The Morgan fingerprint density at radius 3 is 1.72 bits per heavy atom. The van der Waals surface area contributed by atoms with Crippen LogP contribution in [0.1, 0.15) is 68.2 Å². The molecule has 4 fully saturated rings. The topological polar surface area (TPSA) is 3.24 Å². The first-order chi connectivity index (χ1) is 29.5. The molecule has 290 valence electrons. The third-order valence-corrected chi connectivity index (χ3v) is 16.1. The molecule has 0 N–H and O–H groups in total. The average Bonchev–Trinajstić information content (AvgIpc) is 3.72. The van der Waals surface area contributed by atoms with E-state index in [1.54, 1.807) is 11.1 Å². The molecular formula is C59H49N. The zero-order valence-corrected chi connectivity index (χ0v) is 34.5. The zero-order valence-electron chi connectivity index (χ0n) is 34.5. The van der Waals surface area contributed by atoms with Gasteiger partial charge in [-0.2, -0.15) is 0 Å². The summed E-state index contributed by atoms with van der Waals surface area (Å²) in [5, 5.41) is 2.59. The minimum atomic E-state index is -0.101. The van der Waals surface area contributed by atoms with E-state index in [0.29, 0.717) is 11.8 Å². The van der Waals surface area contributed by atoms with Crippen LogP contribution in [0.2, 0.25) is 0 Å². The molecule has 4 bridgehead atoms. The van der Waals surface area contributed by atoms with Gasteiger partial charge in [-0.3, -0.25) is 0 Å². The maximum atomic E-state index is 2.56. The van der Waals surface area contributed by atoms with Crippen molar-refractivity contribution in [2.24, 2.45) is 23.7 Å². The summed E-state index contributed by atoms with van der Waals surface area (Å²) in [5.41, 5.74) is 20.5. The monoisotopic (exact) mass is 771 g/mol. The summed E-state index contributed by atoms with van der Waals surface area (Å²) in [6.07, 6.45) is 7.00. The molecule has 0 unspecified atom stereocenters. The van der Waals surface area contributed by atoms with Crippen LogP contribution in [0.4, 0.5) is 17.1 Å². The van der Waals surface area contributed by atoms with Gasteiger partial charge in [-0.15, -0.1) is 0 Å². The minimum Gasteiger partial charge on any atom is -0.309 e. The molecule has 8 aromatic rings. The molecule has 14 rings (SSSR count). The Balaban J connectivity index is 1.04. The third-order valence-electron chi connectivity index (χ3n) is 16.1. The van der Waals surface area contributed by atoms with Gasteiger partial charge in [0.2, 0.25) is 0 Å². The van der Waals surface area contributed by atoms with Crippen LogP contribution in [0.15, 0.2) is 176 Å². The number of rotatable bonds is 5. The second kappa shape index (κ2) is 12.7. The number of hydrogen-bond donors (Lipinski definition) is 0. The first-order valence-corrected chi connectivity index (χ1v) is 22.4. The Hall–Kier alpha value is -6.18. The molecule has 1 spiro atoms. The van der Waals surface area contributed by atoms with Crippen LogP contribution in [-0.4, -0.2) is 0 Å². The summed E-state index contributed by atoms with van der Waals surface area (Å²) in [5.74, 6) is 3.24. The van der Waals surface area contributed by atoms with Gasteiger partial charge in [0.1, 0.15) is 0 Å². The number of hydrogen-bond acceptors (Lipinski definition) is 1. The van der Waals surface area contributed by atoms with Gasteiger partial charge in [0.05, 0.1) is 11.4 Å². The Morgan fingerprint density at radius 1 is 0.400 bits per heavy atom. The van der Waals surface area contributed by atoms with E-state index in [4.69, 9.17) is 0 Å². The van der Waals surface area contributed by atoms with Crippen molar-refractivity contribution in [1.82, 2.24) is 0 Å². The average molecular weight is 772 g/mol. The molecule has 6 aliphatic rings. The lowest BCUT2D eigenvalue weighted by atomic mass is 9.42. The van der Waals surface area contributed by atoms with E-state index < -0.39 is 0 Å². The SMILES string of the molecule is CC1(C)c2ccccc2-c2c(N(c3ccc(-c4ccccc4)cc3)c3ccc(-c4cccc5c4C4(c6ccccc6-5)C5CC6CC(C5)CC4C6)c4ccccc34)cccc21. The zero-order chi connectivity index (χ0) is 39.7. The molecule has 0 heterocycles. The van der Waals surface area contributed by atoms with Gasteiger partial charge < -0.3 is 4.90 Å². The van der Waals surface area contributed by atoms with E-state index in [1.807, 2.05) is 0 Å². The largest absolute Gasteiger partial charge is 0.309 e. The van der Waals surface area contributed by atoms with Crippen LogP contribution in [0, 0.1) is 23.7 Å². The van der Waals surface area contributed by atoms with Crippen LogP contribution in [0.3, 0.4) is 0 Å².